The first-order valence-corrected chi connectivity index (χ1v) is 17.6. The second-order valence-corrected chi connectivity index (χ2v) is 12.6. The third kappa shape index (κ3) is 11.6. The molecular formula is C37H48N4O7S. The van der Waals surface area contributed by atoms with Gasteiger partial charge in [-0.15, -0.1) is 0 Å². The third-order valence-electron chi connectivity index (χ3n) is 8.46. The number of rotatable bonds is 20. The average Bonchev–Trinajstić information content (AvgIpc) is 3.53. The number of carbonyl (C=O) groups is 2. The highest BCUT2D eigenvalue weighted by atomic mass is 32.1. The van der Waals surface area contributed by atoms with E-state index in [1.165, 1.54) is 0 Å². The number of fused-ring (bicyclic) bond motifs is 1. The van der Waals surface area contributed by atoms with Crippen molar-refractivity contribution in [1.82, 2.24) is 19.7 Å². The third-order valence-corrected chi connectivity index (χ3v) is 9.41. The molecule has 0 saturated heterocycles. The fraction of sp³-hybridized carbons (Fsp3) is 0.432. The molecule has 0 fully saturated rings. The molecule has 0 spiro atoms. The van der Waals surface area contributed by atoms with E-state index in [9.17, 15) is 19.5 Å². The van der Waals surface area contributed by atoms with E-state index in [1.54, 1.807) is 29.0 Å². The summed E-state index contributed by atoms with van der Waals surface area (Å²) in [5.41, 5.74) is 3.20. The summed E-state index contributed by atoms with van der Waals surface area (Å²) in [6, 6.07) is 20.6. The van der Waals surface area contributed by atoms with Crippen LogP contribution in [0.2, 0.25) is 0 Å². The van der Waals surface area contributed by atoms with Crippen molar-refractivity contribution in [1.29, 1.82) is 0 Å². The fourth-order valence-electron chi connectivity index (χ4n) is 5.47. The van der Waals surface area contributed by atoms with Gasteiger partial charge in [0.2, 0.25) is 5.91 Å². The van der Waals surface area contributed by atoms with Crippen LogP contribution >= 0.6 is 11.3 Å². The highest BCUT2D eigenvalue weighted by Gasteiger charge is 2.21. The van der Waals surface area contributed by atoms with Crippen molar-refractivity contribution in [2.75, 3.05) is 66.1 Å². The molecule has 1 heterocycles. The van der Waals surface area contributed by atoms with Gasteiger partial charge in [-0.25, -0.2) is 4.79 Å². The van der Waals surface area contributed by atoms with Crippen LogP contribution in [0.4, 0.5) is 4.79 Å². The lowest BCUT2D eigenvalue weighted by Gasteiger charge is -2.29. The molecule has 0 unspecified atom stereocenters. The summed E-state index contributed by atoms with van der Waals surface area (Å²) >= 11 is 1.03. The zero-order valence-corrected chi connectivity index (χ0v) is 29.5. The average molecular weight is 693 g/mol. The Balaban J connectivity index is 1.41. The van der Waals surface area contributed by atoms with Crippen molar-refractivity contribution >= 4 is 33.6 Å². The van der Waals surface area contributed by atoms with Crippen molar-refractivity contribution in [2.24, 2.45) is 0 Å². The topological polar surface area (TPSA) is 125 Å². The molecular weight excluding hydrogens is 644 g/mol. The van der Waals surface area contributed by atoms with Crippen molar-refractivity contribution in [2.45, 2.75) is 39.7 Å². The molecule has 0 bridgehead atoms. The molecule has 4 aromatic rings. The van der Waals surface area contributed by atoms with Crippen LogP contribution in [0.25, 0.3) is 10.2 Å². The number of nitrogens with one attached hydrogen (secondary N) is 1. The second kappa shape index (κ2) is 19.6. The van der Waals surface area contributed by atoms with Gasteiger partial charge >= 0.3 is 11.0 Å². The number of phenols is 1. The molecule has 2 N–H and O–H groups in total. The zero-order chi connectivity index (χ0) is 35.0. The number of ether oxygens (including phenoxy) is 3. The van der Waals surface area contributed by atoms with Crippen LogP contribution in [0, 0.1) is 0 Å². The summed E-state index contributed by atoms with van der Waals surface area (Å²) in [5.74, 6) is 0.763. The van der Waals surface area contributed by atoms with Gasteiger partial charge in [0, 0.05) is 32.7 Å². The van der Waals surface area contributed by atoms with E-state index < -0.39 is 6.09 Å². The van der Waals surface area contributed by atoms with Gasteiger partial charge in [-0.1, -0.05) is 73.7 Å². The molecule has 2 amide bonds. The Hall–Kier alpha value is -4.39. The van der Waals surface area contributed by atoms with Gasteiger partial charge in [0.15, 0.2) is 0 Å². The Morgan fingerprint density at radius 1 is 0.837 bits per heavy atom. The molecule has 11 nitrogen and oxygen atoms in total. The molecule has 3 aromatic carbocycles. The maximum Gasteiger partial charge on any atom is 0.410 e. The smallest absolute Gasteiger partial charge is 0.410 e. The first-order valence-electron chi connectivity index (χ1n) is 16.8. The number of likely N-dealkylation sites (N-methyl/N-ethyl adjacent to an activating group) is 1. The molecule has 264 valence electrons. The molecule has 4 rings (SSSR count). The summed E-state index contributed by atoms with van der Waals surface area (Å²) in [6.45, 7) is 8.96. The van der Waals surface area contributed by atoms with E-state index in [4.69, 9.17) is 14.2 Å². The van der Waals surface area contributed by atoms with Crippen LogP contribution < -0.4 is 9.61 Å². The molecule has 0 radical (unpaired) electrons. The van der Waals surface area contributed by atoms with Crippen LogP contribution in [-0.4, -0.2) is 103 Å². The van der Waals surface area contributed by atoms with Crippen molar-refractivity contribution in [3.63, 3.8) is 0 Å². The summed E-state index contributed by atoms with van der Waals surface area (Å²) in [6.07, 6.45) is 0.884. The number of thiazole rings is 1. The Labute approximate surface area is 292 Å². The second-order valence-electron chi connectivity index (χ2n) is 11.6. The largest absolute Gasteiger partial charge is 0.506 e. The fourth-order valence-corrected chi connectivity index (χ4v) is 6.37. The Kier molecular flexibility index (Phi) is 14.9. The molecule has 0 aliphatic heterocycles. The molecule has 49 heavy (non-hydrogen) atoms. The number of carbonyl (C=O) groups excluding carboxylic acids is 2. The molecule has 0 atom stereocenters. The lowest BCUT2D eigenvalue weighted by molar-refractivity contribution is -0.132. The molecule has 12 heteroatoms. The van der Waals surface area contributed by atoms with E-state index in [-0.39, 0.29) is 36.1 Å². The highest BCUT2D eigenvalue weighted by molar-refractivity contribution is 7.16. The number of phenolic OH excluding ortho intramolecular Hbond substituents is 1. The number of methoxy groups -OCH3 is 1. The summed E-state index contributed by atoms with van der Waals surface area (Å²) in [4.78, 5) is 47.2. The van der Waals surface area contributed by atoms with Crippen LogP contribution in [0.1, 0.15) is 37.0 Å². The molecule has 0 aliphatic carbocycles. The van der Waals surface area contributed by atoms with Gasteiger partial charge in [-0.05, 0) is 60.8 Å². The SMILES string of the molecule is CCN(CC)CCN(CCN(CCc1ccc(O)c2[nH]c(=O)sc12)C(=O)OCc1ccccc1)C(=O)CCOCCc1cccc(OC)c1. The predicted molar refractivity (Wildman–Crippen MR) is 193 cm³/mol. The quantitative estimate of drug-likeness (QED) is 0.120. The maximum absolute atomic E-state index is 13.5. The van der Waals surface area contributed by atoms with Crippen LogP contribution in [0.3, 0.4) is 0 Å². The normalized spacial score (nSPS) is 11.2. The van der Waals surface area contributed by atoms with Crippen molar-refractivity contribution < 1.29 is 28.9 Å². The number of nitrogens with zero attached hydrogens (tertiary/aromatic N) is 3. The van der Waals surface area contributed by atoms with Gasteiger partial charge in [0.05, 0.1) is 31.4 Å². The van der Waals surface area contributed by atoms with Crippen molar-refractivity contribution in [3.05, 3.63) is 93.1 Å². The molecule has 1 aromatic heterocycles. The lowest BCUT2D eigenvalue weighted by atomic mass is 10.1. The number of hydrogen-bond acceptors (Lipinski definition) is 9. The number of H-pyrrole nitrogens is 1. The first-order chi connectivity index (χ1) is 23.8. The summed E-state index contributed by atoms with van der Waals surface area (Å²) < 4.78 is 17.5. The zero-order valence-electron chi connectivity index (χ0n) is 28.7. The number of amides is 2. The Bertz CT molecular complexity index is 1670. The van der Waals surface area contributed by atoms with E-state index >= 15 is 0 Å². The standard InChI is InChI=1S/C37H48N4O7S/c1-4-39(5-2)20-21-40(33(43)18-25-47-24-17-28-12-9-13-31(26-28)46-3)22-23-41(37(45)48-27-29-10-7-6-8-11-29)19-16-30-14-15-32(42)34-35(30)49-36(44)38-34/h6-15,26,42H,4-5,16-25,27H2,1-3H3,(H,38,44). The summed E-state index contributed by atoms with van der Waals surface area (Å²) in [5, 5.41) is 10.2. The van der Waals surface area contributed by atoms with Crippen LogP contribution in [0.15, 0.2) is 71.5 Å². The Morgan fingerprint density at radius 2 is 1.57 bits per heavy atom. The lowest BCUT2D eigenvalue weighted by Crippen LogP contribution is -2.45. The van der Waals surface area contributed by atoms with Gasteiger partial charge in [-0.2, -0.15) is 0 Å². The van der Waals surface area contributed by atoms with Gasteiger partial charge in [0.1, 0.15) is 23.6 Å². The monoisotopic (exact) mass is 692 g/mol. The molecule has 0 saturated carbocycles. The Morgan fingerprint density at radius 3 is 2.33 bits per heavy atom. The highest BCUT2D eigenvalue weighted by Crippen LogP contribution is 2.28. The van der Waals surface area contributed by atoms with E-state index in [0.717, 1.165) is 46.9 Å². The number of hydrogen-bond donors (Lipinski definition) is 2. The summed E-state index contributed by atoms with van der Waals surface area (Å²) in [7, 11) is 1.64. The maximum atomic E-state index is 13.5. The first kappa shape index (κ1) is 37.4. The number of aromatic hydroxyl groups is 1. The predicted octanol–water partition coefficient (Wildman–Crippen LogP) is 5.30. The van der Waals surface area contributed by atoms with E-state index in [0.29, 0.717) is 62.5 Å². The van der Waals surface area contributed by atoms with Crippen molar-refractivity contribution in [3.8, 4) is 11.5 Å². The number of benzene rings is 3. The number of aromatic amines is 1. The molecule has 0 aliphatic rings. The minimum absolute atomic E-state index is 0.00265. The van der Waals surface area contributed by atoms with Crippen LogP contribution in [-0.2, 0) is 33.7 Å². The minimum atomic E-state index is -0.488. The minimum Gasteiger partial charge on any atom is -0.506 e. The number of aromatic nitrogens is 1. The van der Waals surface area contributed by atoms with Gasteiger partial charge < -0.3 is 39.0 Å². The van der Waals surface area contributed by atoms with Gasteiger partial charge in [-0.3, -0.25) is 9.59 Å². The van der Waals surface area contributed by atoms with E-state index in [2.05, 4.69) is 23.7 Å². The van der Waals surface area contributed by atoms with Gasteiger partial charge in [0.25, 0.3) is 0 Å². The van der Waals surface area contributed by atoms with Crippen LogP contribution in [0.5, 0.6) is 11.5 Å². The van der Waals surface area contributed by atoms with E-state index in [1.807, 2.05) is 54.6 Å².